The van der Waals surface area contributed by atoms with Crippen LogP contribution in [0.5, 0.6) is 11.5 Å². The molecule has 1 saturated heterocycles. The van der Waals surface area contributed by atoms with Crippen molar-refractivity contribution in [1.82, 2.24) is 5.32 Å². The van der Waals surface area contributed by atoms with Gasteiger partial charge in [-0.05, 0) is 67.4 Å². The number of amides is 4. The summed E-state index contributed by atoms with van der Waals surface area (Å²) in [4.78, 5) is 38.9. The molecule has 1 heterocycles. The molecular weight excluding hydrogens is 468 g/mol. The quantitative estimate of drug-likeness (QED) is 0.347. The first kappa shape index (κ1) is 24.0. The Kier molecular flexibility index (Phi) is 7.17. The molecule has 3 aromatic carbocycles. The SMILES string of the molecule is CCOc1cc(/C=C2/C(=O)NC(=O)N(c3ccc(Cl)cc3)C2=O)ccc1O[C@@H](C)c1ccccc1. The van der Waals surface area contributed by atoms with Gasteiger partial charge >= 0.3 is 6.03 Å². The third kappa shape index (κ3) is 5.36. The van der Waals surface area contributed by atoms with Crippen molar-refractivity contribution in [2.24, 2.45) is 0 Å². The molecule has 0 spiro atoms. The number of rotatable bonds is 7. The summed E-state index contributed by atoms with van der Waals surface area (Å²) < 4.78 is 11.9. The minimum absolute atomic E-state index is 0.187. The monoisotopic (exact) mass is 490 g/mol. The van der Waals surface area contributed by atoms with Crippen molar-refractivity contribution in [2.75, 3.05) is 11.5 Å². The van der Waals surface area contributed by atoms with Crippen LogP contribution in [0.2, 0.25) is 5.02 Å². The number of ether oxygens (including phenoxy) is 2. The largest absolute Gasteiger partial charge is 0.490 e. The van der Waals surface area contributed by atoms with E-state index < -0.39 is 17.8 Å². The molecule has 1 aliphatic rings. The Hall–Kier alpha value is -4.10. The number of urea groups is 1. The molecule has 1 aliphatic heterocycles. The Balaban J connectivity index is 1.63. The molecule has 1 fully saturated rings. The van der Waals surface area contributed by atoms with Crippen molar-refractivity contribution >= 4 is 41.2 Å². The fourth-order valence-corrected chi connectivity index (χ4v) is 3.74. The van der Waals surface area contributed by atoms with Crippen LogP contribution in [-0.4, -0.2) is 24.5 Å². The highest BCUT2D eigenvalue weighted by Crippen LogP contribution is 2.33. The maximum atomic E-state index is 13.1. The van der Waals surface area contributed by atoms with E-state index in [1.54, 1.807) is 30.3 Å². The van der Waals surface area contributed by atoms with Gasteiger partial charge in [0.15, 0.2) is 11.5 Å². The van der Waals surface area contributed by atoms with Gasteiger partial charge in [-0.3, -0.25) is 14.9 Å². The highest BCUT2D eigenvalue weighted by molar-refractivity contribution is 6.39. The van der Waals surface area contributed by atoms with Gasteiger partial charge in [0, 0.05) is 5.02 Å². The smallest absolute Gasteiger partial charge is 0.335 e. The van der Waals surface area contributed by atoms with E-state index in [0.717, 1.165) is 10.5 Å². The minimum atomic E-state index is -0.826. The number of benzene rings is 3. The summed E-state index contributed by atoms with van der Waals surface area (Å²) >= 11 is 5.91. The fourth-order valence-electron chi connectivity index (χ4n) is 3.61. The average Bonchev–Trinajstić information content (AvgIpc) is 2.85. The standard InChI is InChI=1S/C27H23ClN2O5/c1-3-34-24-16-18(9-14-23(24)35-17(2)19-7-5-4-6-8-19)15-22-25(31)29-27(33)30(26(22)32)21-12-10-20(28)11-13-21/h4-17H,3H2,1-2H3,(H,29,31,33)/b22-15-/t17-/m0/s1. The van der Waals surface area contributed by atoms with Crippen molar-refractivity contribution in [3.63, 3.8) is 0 Å². The van der Waals surface area contributed by atoms with Crippen LogP contribution in [-0.2, 0) is 9.59 Å². The van der Waals surface area contributed by atoms with E-state index in [9.17, 15) is 14.4 Å². The second-order valence-corrected chi connectivity index (χ2v) is 8.18. The Morgan fingerprint density at radius 2 is 1.69 bits per heavy atom. The normalized spacial score (nSPS) is 15.7. The first-order valence-electron chi connectivity index (χ1n) is 11.0. The minimum Gasteiger partial charge on any atom is -0.490 e. The summed E-state index contributed by atoms with van der Waals surface area (Å²) in [6, 6.07) is 20.3. The predicted molar refractivity (Wildman–Crippen MR) is 134 cm³/mol. The fraction of sp³-hybridized carbons (Fsp3) is 0.148. The third-order valence-corrected chi connectivity index (χ3v) is 5.59. The van der Waals surface area contributed by atoms with Crippen molar-refractivity contribution < 1.29 is 23.9 Å². The Morgan fingerprint density at radius 1 is 0.971 bits per heavy atom. The highest BCUT2D eigenvalue weighted by Gasteiger charge is 2.36. The average molecular weight is 491 g/mol. The summed E-state index contributed by atoms with van der Waals surface area (Å²) in [6.45, 7) is 4.19. The molecule has 3 aromatic rings. The van der Waals surface area contributed by atoms with Gasteiger partial charge in [0.1, 0.15) is 11.7 Å². The van der Waals surface area contributed by atoms with E-state index in [1.165, 1.54) is 18.2 Å². The van der Waals surface area contributed by atoms with Crippen molar-refractivity contribution in [3.05, 3.63) is 94.5 Å². The molecule has 1 N–H and O–H groups in total. The molecule has 0 saturated carbocycles. The molecule has 4 rings (SSSR count). The Bertz CT molecular complexity index is 1290. The van der Waals surface area contributed by atoms with Crippen molar-refractivity contribution in [2.45, 2.75) is 20.0 Å². The van der Waals surface area contributed by atoms with E-state index in [1.807, 2.05) is 44.2 Å². The maximum absolute atomic E-state index is 13.1. The summed E-state index contributed by atoms with van der Waals surface area (Å²) in [7, 11) is 0. The van der Waals surface area contributed by atoms with Gasteiger partial charge in [0.2, 0.25) is 0 Å². The molecule has 1 atom stereocenters. The Labute approximate surface area is 207 Å². The highest BCUT2D eigenvalue weighted by atomic mass is 35.5. The topological polar surface area (TPSA) is 84.9 Å². The van der Waals surface area contributed by atoms with E-state index in [0.29, 0.717) is 34.4 Å². The van der Waals surface area contributed by atoms with Crippen LogP contribution >= 0.6 is 11.6 Å². The molecule has 35 heavy (non-hydrogen) atoms. The lowest BCUT2D eigenvalue weighted by Gasteiger charge is -2.26. The summed E-state index contributed by atoms with van der Waals surface area (Å²) in [5.41, 5.74) is 1.66. The molecule has 0 aromatic heterocycles. The predicted octanol–water partition coefficient (Wildman–Crippen LogP) is 5.55. The van der Waals surface area contributed by atoms with Crippen LogP contribution in [0.4, 0.5) is 10.5 Å². The second-order valence-electron chi connectivity index (χ2n) is 7.74. The number of imide groups is 2. The van der Waals surface area contributed by atoms with Crippen LogP contribution in [0.15, 0.2) is 78.4 Å². The molecule has 0 radical (unpaired) electrons. The van der Waals surface area contributed by atoms with E-state index in [-0.39, 0.29) is 11.7 Å². The van der Waals surface area contributed by atoms with Crippen LogP contribution in [0.3, 0.4) is 0 Å². The van der Waals surface area contributed by atoms with Gasteiger partial charge in [-0.15, -0.1) is 0 Å². The number of carbonyl (C=O) groups excluding carboxylic acids is 3. The van der Waals surface area contributed by atoms with E-state index in [2.05, 4.69) is 5.32 Å². The number of halogens is 1. The Morgan fingerprint density at radius 3 is 2.37 bits per heavy atom. The first-order chi connectivity index (χ1) is 16.9. The summed E-state index contributed by atoms with van der Waals surface area (Å²) in [5, 5.41) is 2.66. The van der Waals surface area contributed by atoms with Crippen LogP contribution in [0.25, 0.3) is 6.08 Å². The summed E-state index contributed by atoms with van der Waals surface area (Å²) in [5.74, 6) is -0.514. The summed E-state index contributed by atoms with van der Waals surface area (Å²) in [6.07, 6.45) is 1.20. The van der Waals surface area contributed by atoms with E-state index >= 15 is 0 Å². The molecular formula is C27H23ClN2O5. The molecule has 4 amide bonds. The molecule has 8 heteroatoms. The zero-order chi connectivity index (χ0) is 24.9. The first-order valence-corrected chi connectivity index (χ1v) is 11.4. The number of anilines is 1. The third-order valence-electron chi connectivity index (χ3n) is 5.34. The van der Waals surface area contributed by atoms with Crippen LogP contribution in [0.1, 0.15) is 31.1 Å². The molecule has 0 aliphatic carbocycles. The number of carbonyl (C=O) groups is 3. The second kappa shape index (κ2) is 10.4. The lowest BCUT2D eigenvalue weighted by atomic mass is 10.1. The number of hydrogen-bond acceptors (Lipinski definition) is 5. The molecule has 0 unspecified atom stereocenters. The van der Waals surface area contributed by atoms with Gasteiger partial charge in [0.25, 0.3) is 11.8 Å². The van der Waals surface area contributed by atoms with Crippen molar-refractivity contribution in [1.29, 1.82) is 0 Å². The number of hydrogen-bond donors (Lipinski definition) is 1. The molecule has 178 valence electrons. The zero-order valence-electron chi connectivity index (χ0n) is 19.2. The van der Waals surface area contributed by atoms with Gasteiger partial charge < -0.3 is 9.47 Å². The molecule has 0 bridgehead atoms. The van der Waals surface area contributed by atoms with Gasteiger partial charge in [0.05, 0.1) is 12.3 Å². The maximum Gasteiger partial charge on any atom is 0.335 e. The van der Waals surface area contributed by atoms with Gasteiger partial charge in [-0.25, -0.2) is 9.69 Å². The zero-order valence-corrected chi connectivity index (χ0v) is 19.9. The lowest BCUT2D eigenvalue weighted by molar-refractivity contribution is -0.122. The number of nitrogens with one attached hydrogen (secondary N) is 1. The number of nitrogens with zero attached hydrogens (tertiary/aromatic N) is 1. The van der Waals surface area contributed by atoms with Crippen LogP contribution < -0.4 is 19.7 Å². The number of barbiturate groups is 1. The van der Waals surface area contributed by atoms with Gasteiger partial charge in [-0.2, -0.15) is 0 Å². The molecule has 7 nitrogen and oxygen atoms in total. The van der Waals surface area contributed by atoms with E-state index in [4.69, 9.17) is 21.1 Å². The van der Waals surface area contributed by atoms with Crippen LogP contribution in [0, 0.1) is 0 Å². The van der Waals surface area contributed by atoms with Crippen molar-refractivity contribution in [3.8, 4) is 11.5 Å². The lowest BCUT2D eigenvalue weighted by Crippen LogP contribution is -2.54. The van der Waals surface area contributed by atoms with Gasteiger partial charge in [-0.1, -0.05) is 48.0 Å².